The second-order valence-electron chi connectivity index (χ2n) is 5.45. The predicted molar refractivity (Wildman–Crippen MR) is 85.0 cm³/mol. The van der Waals surface area contributed by atoms with Gasteiger partial charge in [0.2, 0.25) is 0 Å². The van der Waals surface area contributed by atoms with Crippen LogP contribution in [0.5, 0.6) is 0 Å². The van der Waals surface area contributed by atoms with Crippen molar-refractivity contribution in [2.24, 2.45) is 0 Å². The normalized spacial score (nSPS) is 10.8. The Labute approximate surface area is 129 Å². The molecule has 2 rings (SSSR count). The first-order valence-corrected chi connectivity index (χ1v) is 7.20. The van der Waals surface area contributed by atoms with Crippen LogP contribution in [0.15, 0.2) is 18.2 Å². The average Bonchev–Trinajstić information content (AvgIpc) is 2.43. The molecule has 0 aromatic heterocycles. The number of halogens is 2. The van der Waals surface area contributed by atoms with Crippen LogP contribution in [0.1, 0.15) is 43.7 Å². The summed E-state index contributed by atoms with van der Waals surface area (Å²) in [7, 11) is 0. The number of carbonyl (C=O) groups is 1. The van der Waals surface area contributed by atoms with Gasteiger partial charge in [0.25, 0.3) is 0 Å². The Hall–Kier alpha value is -1.67. The first-order chi connectivity index (χ1) is 9.75. The van der Waals surface area contributed by atoms with Gasteiger partial charge in [0.1, 0.15) is 5.82 Å². The van der Waals surface area contributed by atoms with Gasteiger partial charge in [-0.3, -0.25) is 4.79 Å². The first kappa shape index (κ1) is 15.7. The molecular formula is C18H18ClFO. The zero-order chi connectivity index (χ0) is 15.9. The Bertz CT molecular complexity index is 718. The quantitative estimate of drug-likeness (QED) is 0.692. The van der Waals surface area contributed by atoms with Gasteiger partial charge in [-0.2, -0.15) is 0 Å². The summed E-state index contributed by atoms with van der Waals surface area (Å²) in [6.07, 6.45) is 0. The van der Waals surface area contributed by atoms with Crippen LogP contribution in [-0.2, 0) is 0 Å². The zero-order valence-corrected chi connectivity index (χ0v) is 13.7. The molecule has 0 N–H and O–H groups in total. The van der Waals surface area contributed by atoms with Gasteiger partial charge in [-0.15, -0.1) is 0 Å². The third kappa shape index (κ3) is 2.60. The van der Waals surface area contributed by atoms with Crippen LogP contribution < -0.4 is 0 Å². The molecule has 1 nitrogen and oxygen atoms in total. The van der Waals surface area contributed by atoms with Crippen LogP contribution in [-0.4, -0.2) is 5.78 Å². The maximum atomic E-state index is 14.0. The molecule has 2 aromatic carbocycles. The van der Waals surface area contributed by atoms with Crippen molar-refractivity contribution in [1.29, 1.82) is 0 Å². The van der Waals surface area contributed by atoms with Crippen LogP contribution in [0, 0.1) is 40.4 Å². The van der Waals surface area contributed by atoms with E-state index in [-0.39, 0.29) is 16.4 Å². The van der Waals surface area contributed by atoms with Gasteiger partial charge in [0.15, 0.2) is 5.78 Å². The smallest absolute Gasteiger partial charge is 0.196 e. The highest BCUT2D eigenvalue weighted by atomic mass is 35.5. The van der Waals surface area contributed by atoms with Gasteiger partial charge in [0.05, 0.1) is 5.56 Å². The molecule has 0 fully saturated rings. The summed E-state index contributed by atoms with van der Waals surface area (Å²) in [5.41, 5.74) is 5.82. The van der Waals surface area contributed by atoms with Crippen molar-refractivity contribution in [3.63, 3.8) is 0 Å². The fourth-order valence-electron chi connectivity index (χ4n) is 2.65. The Morgan fingerprint density at radius 1 is 0.905 bits per heavy atom. The van der Waals surface area contributed by atoms with Gasteiger partial charge in [0, 0.05) is 10.6 Å². The van der Waals surface area contributed by atoms with E-state index in [1.807, 2.05) is 34.6 Å². The minimum Gasteiger partial charge on any atom is -0.288 e. The minimum atomic E-state index is -0.581. The summed E-state index contributed by atoms with van der Waals surface area (Å²) in [4.78, 5) is 12.8. The zero-order valence-electron chi connectivity index (χ0n) is 12.9. The highest BCUT2D eigenvalue weighted by Gasteiger charge is 2.21. The van der Waals surface area contributed by atoms with Crippen molar-refractivity contribution >= 4 is 17.4 Å². The summed E-state index contributed by atoms with van der Waals surface area (Å²) in [5, 5.41) is 0.286. The van der Waals surface area contributed by atoms with Crippen LogP contribution in [0.2, 0.25) is 5.02 Å². The molecule has 110 valence electrons. The third-order valence-corrected chi connectivity index (χ3v) is 4.64. The molecule has 0 unspecified atom stereocenters. The van der Waals surface area contributed by atoms with Crippen molar-refractivity contribution < 1.29 is 9.18 Å². The molecule has 0 heterocycles. The van der Waals surface area contributed by atoms with E-state index < -0.39 is 5.82 Å². The van der Waals surface area contributed by atoms with Crippen LogP contribution in [0.25, 0.3) is 0 Å². The fraction of sp³-hybridized carbons (Fsp3) is 0.278. The molecule has 2 aromatic rings. The second kappa shape index (κ2) is 5.61. The monoisotopic (exact) mass is 304 g/mol. The van der Waals surface area contributed by atoms with Crippen molar-refractivity contribution in [3.8, 4) is 0 Å². The summed E-state index contributed by atoms with van der Waals surface area (Å²) in [6.45, 7) is 9.85. The predicted octanol–water partition coefficient (Wildman–Crippen LogP) is 5.25. The van der Waals surface area contributed by atoms with E-state index in [0.717, 1.165) is 22.3 Å². The topological polar surface area (TPSA) is 17.1 Å². The summed E-state index contributed by atoms with van der Waals surface area (Å²) in [5.74, 6) is -0.868. The summed E-state index contributed by atoms with van der Waals surface area (Å²) < 4.78 is 14.0. The standard InChI is InChI=1S/C18H18ClFO/c1-9-10(2)12(4)17(13(5)11(9)3)18(21)15-7-6-14(19)8-16(15)20/h6-8H,1-5H3. The minimum absolute atomic E-state index is 0.0632. The Morgan fingerprint density at radius 3 is 1.86 bits per heavy atom. The number of benzene rings is 2. The van der Waals surface area contributed by atoms with Gasteiger partial charge in [-0.1, -0.05) is 11.6 Å². The lowest BCUT2D eigenvalue weighted by Crippen LogP contribution is -2.12. The Morgan fingerprint density at radius 2 is 1.38 bits per heavy atom. The molecule has 21 heavy (non-hydrogen) atoms. The SMILES string of the molecule is Cc1c(C)c(C)c(C(=O)c2ccc(Cl)cc2F)c(C)c1C. The lowest BCUT2D eigenvalue weighted by atomic mass is 9.86. The molecule has 0 aliphatic rings. The number of hydrogen-bond donors (Lipinski definition) is 0. The molecule has 3 heteroatoms. The highest BCUT2D eigenvalue weighted by molar-refractivity contribution is 6.30. The van der Waals surface area contributed by atoms with E-state index in [1.165, 1.54) is 23.8 Å². The Kier molecular flexibility index (Phi) is 4.20. The summed E-state index contributed by atoms with van der Waals surface area (Å²) >= 11 is 5.75. The molecular weight excluding hydrogens is 287 g/mol. The van der Waals surface area contributed by atoms with Crippen LogP contribution in [0.3, 0.4) is 0 Å². The van der Waals surface area contributed by atoms with Gasteiger partial charge < -0.3 is 0 Å². The molecule has 0 atom stereocenters. The first-order valence-electron chi connectivity index (χ1n) is 6.82. The van der Waals surface area contributed by atoms with Crippen LogP contribution in [0.4, 0.5) is 4.39 Å². The van der Waals surface area contributed by atoms with Crippen molar-refractivity contribution in [1.82, 2.24) is 0 Å². The van der Waals surface area contributed by atoms with E-state index in [4.69, 9.17) is 11.6 Å². The number of ketones is 1. The van der Waals surface area contributed by atoms with Crippen molar-refractivity contribution in [2.45, 2.75) is 34.6 Å². The maximum Gasteiger partial charge on any atom is 0.196 e. The van der Waals surface area contributed by atoms with Crippen molar-refractivity contribution in [3.05, 3.63) is 68.0 Å². The van der Waals surface area contributed by atoms with E-state index in [2.05, 4.69) is 0 Å². The van der Waals surface area contributed by atoms with E-state index in [1.54, 1.807) is 0 Å². The molecule has 0 saturated heterocycles. The van der Waals surface area contributed by atoms with E-state index in [0.29, 0.717) is 5.56 Å². The molecule has 0 bridgehead atoms. The summed E-state index contributed by atoms with van der Waals surface area (Å²) in [6, 6.07) is 4.16. The fourth-order valence-corrected chi connectivity index (χ4v) is 2.81. The van der Waals surface area contributed by atoms with Gasteiger partial charge in [-0.25, -0.2) is 4.39 Å². The van der Waals surface area contributed by atoms with Gasteiger partial charge in [-0.05, 0) is 80.6 Å². The number of rotatable bonds is 2. The number of carbonyl (C=O) groups excluding carboxylic acids is 1. The number of hydrogen-bond acceptors (Lipinski definition) is 1. The van der Waals surface area contributed by atoms with Gasteiger partial charge >= 0.3 is 0 Å². The maximum absolute atomic E-state index is 14.0. The Balaban J connectivity index is 2.70. The molecule has 0 saturated carbocycles. The van der Waals surface area contributed by atoms with Crippen LogP contribution >= 0.6 is 11.6 Å². The van der Waals surface area contributed by atoms with Crippen molar-refractivity contribution in [2.75, 3.05) is 0 Å². The van der Waals surface area contributed by atoms with E-state index in [9.17, 15) is 9.18 Å². The van der Waals surface area contributed by atoms with E-state index >= 15 is 0 Å². The second-order valence-corrected chi connectivity index (χ2v) is 5.89. The lowest BCUT2D eigenvalue weighted by Gasteiger charge is -2.18. The third-order valence-electron chi connectivity index (χ3n) is 4.40. The molecule has 0 aliphatic carbocycles. The lowest BCUT2D eigenvalue weighted by molar-refractivity contribution is 0.103. The average molecular weight is 305 g/mol. The highest BCUT2D eigenvalue weighted by Crippen LogP contribution is 2.29. The molecule has 0 radical (unpaired) electrons. The molecule has 0 amide bonds. The molecule has 0 spiro atoms. The molecule has 0 aliphatic heterocycles. The largest absolute Gasteiger partial charge is 0.288 e.